The van der Waals surface area contributed by atoms with E-state index < -0.39 is 0 Å². The second kappa shape index (κ2) is 4.90. The van der Waals surface area contributed by atoms with Gasteiger partial charge in [0.1, 0.15) is 4.88 Å². The van der Waals surface area contributed by atoms with Gasteiger partial charge in [0.15, 0.2) is 0 Å². The lowest BCUT2D eigenvalue weighted by Crippen LogP contribution is -2.01. The first-order chi connectivity index (χ1) is 7.81. The lowest BCUT2D eigenvalue weighted by atomic mass is 10.1. The van der Waals surface area contributed by atoms with E-state index in [-0.39, 0.29) is 5.97 Å². The van der Waals surface area contributed by atoms with Gasteiger partial charge in [0.2, 0.25) is 0 Å². The Morgan fingerprint density at radius 2 is 2.12 bits per heavy atom. The third kappa shape index (κ3) is 2.28. The van der Waals surface area contributed by atoms with Crippen molar-refractivity contribution in [3.8, 4) is 11.3 Å². The van der Waals surface area contributed by atoms with E-state index in [0.29, 0.717) is 11.5 Å². The van der Waals surface area contributed by atoms with Gasteiger partial charge in [0, 0.05) is 5.56 Å². The van der Waals surface area contributed by atoms with E-state index in [1.54, 1.807) is 13.0 Å². The number of ether oxygens (including phenoxy) is 1. The molecule has 0 aliphatic rings. The van der Waals surface area contributed by atoms with Gasteiger partial charge in [-0.3, -0.25) is 0 Å². The van der Waals surface area contributed by atoms with Crippen molar-refractivity contribution in [2.75, 3.05) is 6.61 Å². The summed E-state index contributed by atoms with van der Waals surface area (Å²) < 4.78 is 9.14. The van der Waals surface area contributed by atoms with Crippen molar-refractivity contribution >= 4 is 17.5 Å². The highest BCUT2D eigenvalue weighted by Gasteiger charge is 2.11. The second-order valence-corrected chi connectivity index (χ2v) is 3.97. The molecule has 1 aromatic carbocycles. The zero-order chi connectivity index (χ0) is 11.4. The normalized spacial score (nSPS) is 10.1. The quantitative estimate of drug-likeness (QED) is 0.765. The summed E-state index contributed by atoms with van der Waals surface area (Å²) in [6.45, 7) is 2.18. The number of benzene rings is 1. The number of aromatic nitrogens is 1. The molecule has 0 aliphatic heterocycles. The maximum atomic E-state index is 11.4. The first-order valence-electron chi connectivity index (χ1n) is 5.00. The fourth-order valence-corrected chi connectivity index (χ4v) is 1.97. The number of rotatable bonds is 3. The molecular formula is C12H11NO2S. The van der Waals surface area contributed by atoms with Crippen LogP contribution in [0.15, 0.2) is 36.4 Å². The molecule has 0 radical (unpaired) electrons. The van der Waals surface area contributed by atoms with Crippen LogP contribution in [0.3, 0.4) is 0 Å². The molecule has 2 rings (SSSR count). The summed E-state index contributed by atoms with van der Waals surface area (Å²) in [6.07, 6.45) is 0. The number of hydrogen-bond donors (Lipinski definition) is 0. The molecule has 0 saturated heterocycles. The average molecular weight is 233 g/mol. The highest BCUT2D eigenvalue weighted by molar-refractivity contribution is 7.08. The van der Waals surface area contributed by atoms with Gasteiger partial charge < -0.3 is 4.74 Å². The van der Waals surface area contributed by atoms with Crippen LogP contribution in [0.25, 0.3) is 11.3 Å². The van der Waals surface area contributed by atoms with E-state index in [2.05, 4.69) is 4.37 Å². The van der Waals surface area contributed by atoms with Crippen LogP contribution in [0, 0.1) is 0 Å². The van der Waals surface area contributed by atoms with Crippen molar-refractivity contribution < 1.29 is 9.53 Å². The summed E-state index contributed by atoms with van der Waals surface area (Å²) in [5, 5.41) is 0. The van der Waals surface area contributed by atoms with Gasteiger partial charge >= 0.3 is 5.97 Å². The van der Waals surface area contributed by atoms with Crippen molar-refractivity contribution in [1.29, 1.82) is 0 Å². The van der Waals surface area contributed by atoms with Gasteiger partial charge in [-0.1, -0.05) is 30.3 Å². The van der Waals surface area contributed by atoms with E-state index in [1.807, 2.05) is 30.3 Å². The van der Waals surface area contributed by atoms with Crippen LogP contribution in [0.4, 0.5) is 0 Å². The van der Waals surface area contributed by atoms with Crippen molar-refractivity contribution in [2.45, 2.75) is 6.92 Å². The molecule has 0 atom stereocenters. The van der Waals surface area contributed by atoms with Crippen molar-refractivity contribution in [2.24, 2.45) is 0 Å². The van der Waals surface area contributed by atoms with Crippen LogP contribution in [0.5, 0.6) is 0 Å². The molecule has 0 N–H and O–H groups in total. The minimum absolute atomic E-state index is 0.304. The van der Waals surface area contributed by atoms with Gasteiger partial charge in [-0.15, -0.1) is 0 Å². The monoisotopic (exact) mass is 233 g/mol. The Hall–Kier alpha value is -1.68. The molecule has 82 valence electrons. The Labute approximate surface area is 97.9 Å². The predicted octanol–water partition coefficient (Wildman–Crippen LogP) is 2.99. The molecule has 16 heavy (non-hydrogen) atoms. The molecule has 1 heterocycles. The highest BCUT2D eigenvalue weighted by atomic mass is 32.1. The van der Waals surface area contributed by atoms with Crippen LogP contribution >= 0.6 is 11.5 Å². The molecule has 0 aliphatic carbocycles. The molecule has 0 fully saturated rings. The summed E-state index contributed by atoms with van der Waals surface area (Å²) in [4.78, 5) is 12.0. The van der Waals surface area contributed by atoms with Gasteiger partial charge in [-0.25, -0.2) is 4.79 Å². The molecule has 1 aromatic heterocycles. The lowest BCUT2D eigenvalue weighted by Gasteiger charge is -1.96. The minimum Gasteiger partial charge on any atom is -0.462 e. The number of nitrogens with zero attached hydrogens (tertiary/aromatic N) is 1. The Morgan fingerprint density at radius 3 is 2.81 bits per heavy atom. The largest absolute Gasteiger partial charge is 0.462 e. The maximum Gasteiger partial charge on any atom is 0.349 e. The smallest absolute Gasteiger partial charge is 0.349 e. The Balaban J connectivity index is 2.23. The molecular weight excluding hydrogens is 222 g/mol. The number of carbonyl (C=O) groups excluding carboxylic acids is 1. The minimum atomic E-state index is -0.304. The van der Waals surface area contributed by atoms with Crippen molar-refractivity contribution in [3.05, 3.63) is 41.3 Å². The van der Waals surface area contributed by atoms with Crippen LogP contribution in [-0.4, -0.2) is 16.9 Å². The fraction of sp³-hybridized carbons (Fsp3) is 0.167. The summed E-state index contributed by atoms with van der Waals surface area (Å²) in [7, 11) is 0. The Bertz CT molecular complexity index is 479. The third-order valence-corrected chi connectivity index (χ3v) is 2.83. The van der Waals surface area contributed by atoms with E-state index in [1.165, 1.54) is 11.5 Å². The van der Waals surface area contributed by atoms with E-state index in [4.69, 9.17) is 4.74 Å². The van der Waals surface area contributed by atoms with Gasteiger partial charge in [-0.2, -0.15) is 4.37 Å². The van der Waals surface area contributed by atoms with E-state index in [0.717, 1.165) is 11.3 Å². The number of hydrogen-bond acceptors (Lipinski definition) is 4. The van der Waals surface area contributed by atoms with E-state index in [9.17, 15) is 4.79 Å². The topological polar surface area (TPSA) is 39.2 Å². The van der Waals surface area contributed by atoms with Crippen molar-refractivity contribution in [1.82, 2.24) is 4.37 Å². The number of carbonyl (C=O) groups is 1. The first-order valence-corrected chi connectivity index (χ1v) is 5.78. The van der Waals surface area contributed by atoms with Crippen LogP contribution in [0.2, 0.25) is 0 Å². The first kappa shape index (κ1) is 10.8. The Kier molecular flexibility index (Phi) is 3.31. The predicted molar refractivity (Wildman–Crippen MR) is 63.5 cm³/mol. The molecule has 0 unspecified atom stereocenters. The molecule has 3 nitrogen and oxygen atoms in total. The zero-order valence-corrected chi connectivity index (χ0v) is 9.66. The van der Waals surface area contributed by atoms with Crippen LogP contribution < -0.4 is 0 Å². The summed E-state index contributed by atoms with van der Waals surface area (Å²) in [5.41, 5.74) is 1.82. The average Bonchev–Trinajstić information content (AvgIpc) is 2.80. The highest BCUT2D eigenvalue weighted by Crippen LogP contribution is 2.21. The lowest BCUT2D eigenvalue weighted by molar-refractivity contribution is 0.0532. The van der Waals surface area contributed by atoms with Crippen LogP contribution in [-0.2, 0) is 4.74 Å². The van der Waals surface area contributed by atoms with Gasteiger partial charge in [0.25, 0.3) is 0 Å². The summed E-state index contributed by atoms with van der Waals surface area (Å²) >= 11 is 1.17. The van der Waals surface area contributed by atoms with Gasteiger partial charge in [0.05, 0.1) is 12.3 Å². The SMILES string of the molecule is CCOC(=O)c1cc(-c2ccccc2)ns1. The maximum absolute atomic E-state index is 11.4. The van der Waals surface area contributed by atoms with Crippen LogP contribution in [0.1, 0.15) is 16.6 Å². The third-order valence-electron chi connectivity index (χ3n) is 2.06. The van der Waals surface area contributed by atoms with Gasteiger partial charge in [-0.05, 0) is 24.5 Å². The molecule has 0 bridgehead atoms. The molecule has 0 spiro atoms. The summed E-state index contributed by atoms with van der Waals surface area (Å²) in [6, 6.07) is 11.5. The molecule has 0 saturated carbocycles. The number of esters is 1. The molecule has 4 heteroatoms. The second-order valence-electron chi connectivity index (χ2n) is 3.16. The standard InChI is InChI=1S/C12H11NO2S/c1-2-15-12(14)11-8-10(13-16-11)9-6-4-3-5-7-9/h3-8H,2H2,1H3. The summed E-state index contributed by atoms with van der Waals surface area (Å²) in [5.74, 6) is -0.304. The molecule has 2 aromatic rings. The zero-order valence-electron chi connectivity index (χ0n) is 8.84. The van der Waals surface area contributed by atoms with Crippen molar-refractivity contribution in [3.63, 3.8) is 0 Å². The Morgan fingerprint density at radius 1 is 1.38 bits per heavy atom. The fourth-order valence-electron chi connectivity index (χ4n) is 1.32. The van der Waals surface area contributed by atoms with E-state index >= 15 is 0 Å². The molecule has 0 amide bonds.